The van der Waals surface area contributed by atoms with Crippen molar-refractivity contribution in [2.24, 2.45) is 0 Å². The fraction of sp³-hybridized carbons (Fsp3) is 0.207. The maximum Gasteiger partial charge on any atom is 0.417 e. The third kappa shape index (κ3) is 6.79. The Balaban J connectivity index is 1.37. The lowest BCUT2D eigenvalue weighted by molar-refractivity contribution is -0.137. The van der Waals surface area contributed by atoms with Crippen molar-refractivity contribution in [1.82, 2.24) is 20.2 Å². The van der Waals surface area contributed by atoms with Gasteiger partial charge in [-0.25, -0.2) is 4.98 Å². The van der Waals surface area contributed by atoms with Crippen molar-refractivity contribution in [2.75, 3.05) is 31.5 Å². The van der Waals surface area contributed by atoms with E-state index in [9.17, 15) is 22.8 Å². The highest BCUT2D eigenvalue weighted by Crippen LogP contribution is 2.37. The number of benzene rings is 3. The number of hydrogen-bond donors (Lipinski definition) is 3. The van der Waals surface area contributed by atoms with Crippen LogP contribution in [0.4, 0.5) is 18.9 Å². The summed E-state index contributed by atoms with van der Waals surface area (Å²) in [6, 6.07) is 15.1. The molecule has 5 rings (SSSR count). The van der Waals surface area contributed by atoms with Crippen molar-refractivity contribution < 1.29 is 22.8 Å². The number of carbonyl (C=O) groups excluding carboxylic acids is 2. The van der Waals surface area contributed by atoms with Crippen molar-refractivity contribution in [1.29, 1.82) is 0 Å². The molecule has 1 fully saturated rings. The van der Waals surface area contributed by atoms with Gasteiger partial charge in [-0.2, -0.15) is 13.2 Å². The van der Waals surface area contributed by atoms with Crippen LogP contribution in [-0.2, 0) is 12.7 Å². The summed E-state index contributed by atoms with van der Waals surface area (Å²) in [5.41, 5.74) is 0.813. The molecule has 1 aliphatic heterocycles. The predicted molar refractivity (Wildman–Crippen MR) is 151 cm³/mol. The Morgan fingerprint density at radius 3 is 2.54 bits per heavy atom. The van der Waals surface area contributed by atoms with Gasteiger partial charge in [0.05, 0.1) is 22.5 Å². The van der Waals surface area contributed by atoms with Crippen LogP contribution in [0.15, 0.2) is 66.9 Å². The molecule has 1 saturated heterocycles. The Kier molecular flexibility index (Phi) is 8.46. The molecule has 2 heterocycles. The molecule has 41 heavy (non-hydrogen) atoms. The van der Waals surface area contributed by atoms with E-state index in [-0.39, 0.29) is 33.4 Å². The summed E-state index contributed by atoms with van der Waals surface area (Å²) in [6.45, 7) is 4.39. The van der Waals surface area contributed by atoms with Gasteiger partial charge < -0.3 is 15.6 Å². The van der Waals surface area contributed by atoms with Gasteiger partial charge in [0, 0.05) is 54.4 Å². The molecule has 0 unspecified atom stereocenters. The zero-order valence-corrected chi connectivity index (χ0v) is 23.0. The summed E-state index contributed by atoms with van der Waals surface area (Å²) in [5, 5.41) is 5.91. The van der Waals surface area contributed by atoms with Crippen molar-refractivity contribution in [3.8, 4) is 11.4 Å². The Labute approximate surface area is 243 Å². The number of imidazole rings is 1. The van der Waals surface area contributed by atoms with Crippen LogP contribution in [0.5, 0.6) is 0 Å². The van der Waals surface area contributed by atoms with E-state index in [1.165, 1.54) is 24.4 Å². The molecule has 12 heteroatoms. The summed E-state index contributed by atoms with van der Waals surface area (Å²) in [7, 11) is 0. The molecular weight excluding hydrogens is 578 g/mol. The minimum atomic E-state index is -4.66. The van der Waals surface area contributed by atoms with Gasteiger partial charge in [-0.15, -0.1) is 0 Å². The first kappa shape index (κ1) is 28.8. The highest BCUT2D eigenvalue weighted by Gasteiger charge is 2.33. The van der Waals surface area contributed by atoms with Crippen LogP contribution < -0.4 is 10.6 Å². The first-order valence-corrected chi connectivity index (χ1v) is 13.4. The normalized spacial score (nSPS) is 14.2. The van der Waals surface area contributed by atoms with E-state index in [0.717, 1.165) is 43.9 Å². The third-order valence-corrected chi connectivity index (χ3v) is 7.21. The molecule has 0 saturated carbocycles. The van der Waals surface area contributed by atoms with Crippen molar-refractivity contribution in [2.45, 2.75) is 12.7 Å². The number of H-pyrrole nitrogens is 1. The van der Waals surface area contributed by atoms with Gasteiger partial charge >= 0.3 is 6.18 Å². The number of hydrogen-bond acceptors (Lipinski definition) is 5. The number of amides is 1. The number of aromatic nitrogens is 2. The first-order chi connectivity index (χ1) is 19.6. The minimum absolute atomic E-state index is 0.000655. The molecule has 3 N–H and O–H groups in total. The van der Waals surface area contributed by atoms with Gasteiger partial charge in [0.1, 0.15) is 11.5 Å². The molecule has 0 bridgehead atoms. The van der Waals surface area contributed by atoms with Crippen LogP contribution in [0.1, 0.15) is 37.5 Å². The molecule has 1 aromatic heterocycles. The van der Waals surface area contributed by atoms with Crippen LogP contribution in [0, 0.1) is 0 Å². The van der Waals surface area contributed by atoms with Crippen LogP contribution >= 0.6 is 23.2 Å². The number of carbonyl (C=O) groups is 2. The summed E-state index contributed by atoms with van der Waals surface area (Å²) in [5.74, 6) is -0.918. The highest BCUT2D eigenvalue weighted by atomic mass is 35.5. The number of anilines is 1. The zero-order chi connectivity index (χ0) is 29.1. The molecular formula is C29H24Cl2F3N5O2. The predicted octanol–water partition coefficient (Wildman–Crippen LogP) is 6.29. The minimum Gasteiger partial charge on any atom is -0.335 e. The lowest BCUT2D eigenvalue weighted by Gasteiger charge is -2.27. The smallest absolute Gasteiger partial charge is 0.335 e. The van der Waals surface area contributed by atoms with Crippen molar-refractivity contribution >= 4 is 40.6 Å². The largest absolute Gasteiger partial charge is 0.417 e. The zero-order valence-electron chi connectivity index (χ0n) is 21.5. The van der Waals surface area contributed by atoms with Gasteiger partial charge in [0.2, 0.25) is 5.78 Å². The number of rotatable bonds is 7. The van der Waals surface area contributed by atoms with E-state index in [4.69, 9.17) is 23.2 Å². The molecule has 1 amide bonds. The summed E-state index contributed by atoms with van der Waals surface area (Å²) in [6.07, 6.45) is -3.44. The molecule has 1 aliphatic rings. The molecule has 3 aromatic carbocycles. The van der Waals surface area contributed by atoms with Crippen LogP contribution in [0.3, 0.4) is 0 Å². The van der Waals surface area contributed by atoms with Crippen LogP contribution in [0.2, 0.25) is 10.0 Å². The lowest BCUT2D eigenvalue weighted by atomic mass is 10.1. The standard InChI is InChI=1S/C29H24Cl2F3N5O2/c30-20-5-7-24(38-28(41)19-3-1-2-17(12-19)16-39-10-8-35-9-11-39)21(14-20)26(40)25-15-36-27(37-25)18-4-6-23(31)22(13-18)29(32,33)34/h1-7,12-15,35H,8-11,16H2,(H,36,37)(H,38,41). The van der Waals surface area contributed by atoms with E-state index >= 15 is 0 Å². The molecule has 7 nitrogen and oxygen atoms in total. The number of nitrogens with zero attached hydrogens (tertiary/aromatic N) is 2. The SMILES string of the molecule is O=C(Nc1ccc(Cl)cc1C(=O)c1cnc(-c2ccc(Cl)c(C(F)(F)F)c2)[nH]1)c1cccc(CN2CCNCC2)c1. The van der Waals surface area contributed by atoms with E-state index in [1.807, 2.05) is 18.2 Å². The number of aromatic amines is 1. The summed E-state index contributed by atoms with van der Waals surface area (Å²) in [4.78, 5) is 35.8. The molecule has 0 atom stereocenters. The number of halogens is 5. The average molecular weight is 602 g/mol. The fourth-order valence-corrected chi connectivity index (χ4v) is 4.96. The van der Waals surface area contributed by atoms with E-state index in [2.05, 4.69) is 25.5 Å². The molecule has 0 aliphatic carbocycles. The Bertz CT molecular complexity index is 1600. The van der Waals surface area contributed by atoms with Crippen molar-refractivity contribution in [3.63, 3.8) is 0 Å². The Morgan fingerprint density at radius 1 is 1.00 bits per heavy atom. The monoisotopic (exact) mass is 601 g/mol. The molecule has 212 valence electrons. The quantitative estimate of drug-likeness (QED) is 0.217. The van der Waals surface area contributed by atoms with Gasteiger partial charge in [0.15, 0.2) is 0 Å². The second-order valence-corrected chi connectivity index (χ2v) is 10.4. The average Bonchev–Trinajstić information content (AvgIpc) is 3.44. The third-order valence-electron chi connectivity index (χ3n) is 6.65. The Hall–Kier alpha value is -3.70. The van der Waals surface area contributed by atoms with Crippen molar-refractivity contribution in [3.05, 3.63) is 105 Å². The fourth-order valence-electron chi connectivity index (χ4n) is 4.56. The van der Waals surface area contributed by atoms with E-state index in [1.54, 1.807) is 12.1 Å². The summed E-state index contributed by atoms with van der Waals surface area (Å²) < 4.78 is 39.9. The summed E-state index contributed by atoms with van der Waals surface area (Å²) >= 11 is 11.9. The second-order valence-electron chi connectivity index (χ2n) is 9.54. The van der Waals surface area contributed by atoms with Crippen LogP contribution in [0.25, 0.3) is 11.4 Å². The second kappa shape index (κ2) is 12.0. The molecule has 0 radical (unpaired) electrons. The first-order valence-electron chi connectivity index (χ1n) is 12.7. The van der Waals surface area contributed by atoms with Gasteiger partial charge in [-0.05, 0) is 54.1 Å². The number of nitrogens with one attached hydrogen (secondary N) is 3. The highest BCUT2D eigenvalue weighted by molar-refractivity contribution is 6.32. The van der Waals surface area contributed by atoms with E-state index in [0.29, 0.717) is 12.1 Å². The number of piperazine rings is 1. The van der Waals surface area contributed by atoms with Crippen LogP contribution in [-0.4, -0.2) is 52.7 Å². The Morgan fingerprint density at radius 2 is 1.78 bits per heavy atom. The van der Waals surface area contributed by atoms with Gasteiger partial charge in [0.25, 0.3) is 5.91 Å². The topological polar surface area (TPSA) is 90.1 Å². The number of ketones is 1. The number of alkyl halides is 3. The molecule has 4 aromatic rings. The maximum absolute atomic E-state index is 13.4. The van der Waals surface area contributed by atoms with Gasteiger partial charge in [-0.3, -0.25) is 14.5 Å². The van der Waals surface area contributed by atoms with Gasteiger partial charge in [-0.1, -0.05) is 35.3 Å². The van der Waals surface area contributed by atoms with E-state index < -0.39 is 28.5 Å². The maximum atomic E-state index is 13.4. The molecule has 0 spiro atoms. The lowest BCUT2D eigenvalue weighted by Crippen LogP contribution is -2.42.